The van der Waals surface area contributed by atoms with Gasteiger partial charge in [0.2, 0.25) is 5.75 Å². The molecule has 0 aromatic heterocycles. The lowest BCUT2D eigenvalue weighted by atomic mass is 10.1. The first kappa shape index (κ1) is 32.3. The van der Waals surface area contributed by atoms with Gasteiger partial charge in [0, 0.05) is 31.9 Å². The summed E-state index contributed by atoms with van der Waals surface area (Å²) >= 11 is 15.4. The van der Waals surface area contributed by atoms with Crippen LogP contribution >= 0.6 is 39.1 Å². The van der Waals surface area contributed by atoms with Crippen LogP contribution in [0.15, 0.2) is 82.4 Å². The van der Waals surface area contributed by atoms with Crippen LogP contribution in [-0.2, 0) is 0 Å². The van der Waals surface area contributed by atoms with Gasteiger partial charge in [-0.1, -0.05) is 39.1 Å². The van der Waals surface area contributed by atoms with Crippen molar-refractivity contribution in [2.24, 2.45) is 5.10 Å². The summed E-state index contributed by atoms with van der Waals surface area (Å²) in [6.45, 7) is 0. The molecule has 4 rings (SSSR count). The summed E-state index contributed by atoms with van der Waals surface area (Å²) in [5.41, 5.74) is 3.99. The van der Waals surface area contributed by atoms with E-state index in [-0.39, 0.29) is 27.5 Å². The van der Waals surface area contributed by atoms with E-state index in [4.69, 9.17) is 42.1 Å². The molecule has 0 unspecified atom stereocenters. The van der Waals surface area contributed by atoms with Crippen molar-refractivity contribution in [1.82, 2.24) is 5.43 Å². The maximum absolute atomic E-state index is 12.9. The van der Waals surface area contributed by atoms with Gasteiger partial charge in [-0.05, 0) is 72.8 Å². The smallest absolute Gasteiger partial charge is 0.345 e. The highest BCUT2D eigenvalue weighted by molar-refractivity contribution is 9.10. The Kier molecular flexibility index (Phi) is 10.8. The van der Waals surface area contributed by atoms with Gasteiger partial charge in [0.05, 0.1) is 38.1 Å². The Morgan fingerprint density at radius 3 is 2.07 bits per heavy atom. The van der Waals surface area contributed by atoms with Crippen molar-refractivity contribution >= 4 is 68.8 Å². The van der Waals surface area contributed by atoms with E-state index >= 15 is 0 Å². The Balaban J connectivity index is 1.41. The molecule has 10 nitrogen and oxygen atoms in total. The summed E-state index contributed by atoms with van der Waals surface area (Å²) in [5, 5.41) is 7.29. The van der Waals surface area contributed by atoms with E-state index in [0.29, 0.717) is 38.0 Å². The number of hydrogen-bond acceptors (Lipinski definition) is 8. The maximum atomic E-state index is 12.9. The molecule has 0 aliphatic carbocycles. The number of benzene rings is 4. The van der Waals surface area contributed by atoms with Gasteiger partial charge in [0.15, 0.2) is 11.5 Å². The molecule has 0 heterocycles. The van der Waals surface area contributed by atoms with Crippen molar-refractivity contribution in [1.29, 1.82) is 0 Å². The number of esters is 1. The molecule has 0 bridgehead atoms. The Morgan fingerprint density at radius 1 is 0.773 bits per heavy atom. The van der Waals surface area contributed by atoms with Crippen molar-refractivity contribution in [2.75, 3.05) is 26.6 Å². The third-order valence-electron chi connectivity index (χ3n) is 6.03. The molecule has 4 aromatic rings. The van der Waals surface area contributed by atoms with Crippen molar-refractivity contribution in [3.8, 4) is 23.0 Å². The number of rotatable bonds is 10. The third kappa shape index (κ3) is 7.87. The average Bonchev–Trinajstić information content (AvgIpc) is 3.01. The number of carbonyl (C=O) groups is 3. The van der Waals surface area contributed by atoms with Crippen LogP contribution in [0.4, 0.5) is 5.69 Å². The van der Waals surface area contributed by atoms with Crippen LogP contribution in [0.5, 0.6) is 23.0 Å². The van der Waals surface area contributed by atoms with Gasteiger partial charge in [-0.2, -0.15) is 5.10 Å². The van der Waals surface area contributed by atoms with Gasteiger partial charge in [0.1, 0.15) is 5.75 Å². The Labute approximate surface area is 271 Å². The number of halogens is 3. The fourth-order valence-corrected chi connectivity index (χ4v) is 4.73. The highest BCUT2D eigenvalue weighted by Gasteiger charge is 2.18. The van der Waals surface area contributed by atoms with E-state index in [1.807, 2.05) is 0 Å². The monoisotopic (exact) mass is 699 g/mol. The Bertz CT molecular complexity index is 1720. The number of anilines is 1. The average molecular weight is 701 g/mol. The van der Waals surface area contributed by atoms with Crippen molar-refractivity contribution in [2.45, 2.75) is 0 Å². The van der Waals surface area contributed by atoms with Gasteiger partial charge >= 0.3 is 5.97 Å². The van der Waals surface area contributed by atoms with Crippen molar-refractivity contribution < 1.29 is 33.3 Å². The number of carbonyl (C=O) groups excluding carboxylic acids is 3. The van der Waals surface area contributed by atoms with Crippen LogP contribution in [0.2, 0.25) is 10.0 Å². The zero-order chi connectivity index (χ0) is 31.8. The van der Waals surface area contributed by atoms with Crippen molar-refractivity contribution in [3.63, 3.8) is 0 Å². The van der Waals surface area contributed by atoms with E-state index in [2.05, 4.69) is 31.8 Å². The predicted octanol–water partition coefficient (Wildman–Crippen LogP) is 7.02. The van der Waals surface area contributed by atoms with Crippen molar-refractivity contribution in [3.05, 3.63) is 110 Å². The molecule has 0 aliphatic heterocycles. The summed E-state index contributed by atoms with van der Waals surface area (Å²) in [4.78, 5) is 38.3. The molecule has 2 N–H and O–H groups in total. The number of nitrogens with zero attached hydrogens (tertiary/aromatic N) is 1. The number of hydrazone groups is 1. The highest BCUT2D eigenvalue weighted by Crippen LogP contribution is 2.38. The molecule has 13 heteroatoms. The standard InChI is InChI=1S/C31H24BrCl2N3O7/c1-41-26-13-18(14-27(42-2)28(26)43-3)29(38)36-22-8-4-17(5-9-22)30(39)37-35-16-19-12-20(32)6-11-25(19)44-31(40)23-10-7-21(33)15-24(23)34/h4-16H,1-3H3,(H,36,38)(H,37,39)/b35-16-. The third-order valence-corrected chi connectivity index (χ3v) is 7.07. The van der Waals surface area contributed by atoms with E-state index in [9.17, 15) is 14.4 Å². The van der Waals surface area contributed by atoms with Crippen LogP contribution in [0.1, 0.15) is 36.6 Å². The predicted molar refractivity (Wildman–Crippen MR) is 171 cm³/mol. The molecule has 4 aromatic carbocycles. The molecule has 2 amide bonds. The Hall–Kier alpha value is -4.58. The summed E-state index contributed by atoms with van der Waals surface area (Å²) in [5.74, 6) is -0.392. The largest absolute Gasteiger partial charge is 0.493 e. The van der Waals surface area contributed by atoms with Crippen LogP contribution in [0.25, 0.3) is 0 Å². The first-order valence-corrected chi connectivity index (χ1v) is 14.2. The fraction of sp³-hybridized carbons (Fsp3) is 0.0968. The van der Waals surface area contributed by atoms with Crippen LogP contribution in [0, 0.1) is 0 Å². The fourth-order valence-electron chi connectivity index (χ4n) is 3.87. The number of amides is 2. The first-order valence-electron chi connectivity index (χ1n) is 12.6. The summed E-state index contributed by atoms with van der Waals surface area (Å²) < 4.78 is 22.1. The van der Waals surface area contributed by atoms with Gasteiger partial charge < -0.3 is 24.3 Å². The van der Waals surface area contributed by atoms with Gasteiger partial charge in [0.25, 0.3) is 11.8 Å². The molecule has 0 radical (unpaired) electrons. The summed E-state index contributed by atoms with van der Waals surface area (Å²) in [6, 6.07) is 18.6. The number of ether oxygens (including phenoxy) is 4. The van der Waals surface area contributed by atoms with Gasteiger partial charge in [-0.3, -0.25) is 9.59 Å². The molecular formula is C31H24BrCl2N3O7. The lowest BCUT2D eigenvalue weighted by Gasteiger charge is -2.14. The van der Waals surface area contributed by atoms with E-state index in [0.717, 1.165) is 0 Å². The Morgan fingerprint density at radius 2 is 1.45 bits per heavy atom. The number of methoxy groups -OCH3 is 3. The lowest BCUT2D eigenvalue weighted by molar-refractivity contribution is 0.0734. The quantitative estimate of drug-likeness (QED) is 0.0789. The molecule has 0 atom stereocenters. The highest BCUT2D eigenvalue weighted by atomic mass is 79.9. The van der Waals surface area contributed by atoms with E-state index < -0.39 is 17.8 Å². The summed E-state index contributed by atoms with van der Waals surface area (Å²) in [7, 11) is 4.38. The molecule has 0 saturated heterocycles. The number of nitrogens with one attached hydrogen (secondary N) is 2. The topological polar surface area (TPSA) is 125 Å². The normalized spacial score (nSPS) is 10.7. The van der Waals surface area contributed by atoms with Crippen LogP contribution in [0.3, 0.4) is 0 Å². The minimum absolute atomic E-state index is 0.137. The summed E-state index contributed by atoms with van der Waals surface area (Å²) in [6.07, 6.45) is 1.33. The molecule has 0 spiro atoms. The van der Waals surface area contributed by atoms with Gasteiger partial charge in [-0.25, -0.2) is 10.2 Å². The molecule has 44 heavy (non-hydrogen) atoms. The molecule has 0 saturated carbocycles. The number of hydrogen-bond donors (Lipinski definition) is 2. The molecule has 226 valence electrons. The second kappa shape index (κ2) is 14.7. The van der Waals surface area contributed by atoms with Gasteiger partial charge in [-0.15, -0.1) is 0 Å². The maximum Gasteiger partial charge on any atom is 0.345 e. The second-order valence-corrected chi connectivity index (χ2v) is 10.6. The lowest BCUT2D eigenvalue weighted by Crippen LogP contribution is -2.18. The molecule has 0 fully saturated rings. The van der Waals surface area contributed by atoms with Crippen LogP contribution in [-0.4, -0.2) is 45.3 Å². The SMILES string of the molecule is COc1cc(C(=O)Nc2ccc(C(=O)N/N=C\c3cc(Br)ccc3OC(=O)c3ccc(Cl)cc3Cl)cc2)cc(OC)c1OC. The molecular weight excluding hydrogens is 677 g/mol. The zero-order valence-electron chi connectivity index (χ0n) is 23.4. The minimum Gasteiger partial charge on any atom is -0.493 e. The molecule has 0 aliphatic rings. The zero-order valence-corrected chi connectivity index (χ0v) is 26.5. The van der Waals surface area contributed by atoms with E-state index in [1.165, 1.54) is 70.0 Å². The first-order chi connectivity index (χ1) is 21.1. The van der Waals surface area contributed by atoms with E-state index in [1.54, 1.807) is 30.3 Å². The minimum atomic E-state index is -0.690. The second-order valence-electron chi connectivity index (χ2n) is 8.84. The van der Waals surface area contributed by atoms with Crippen LogP contribution < -0.4 is 29.7 Å².